The Labute approximate surface area is 128 Å². The average Bonchev–Trinajstić information content (AvgIpc) is 3.11. The van der Waals surface area contributed by atoms with E-state index in [-0.39, 0.29) is 5.91 Å². The molecule has 1 amide bonds. The molecule has 1 aromatic heterocycles. The summed E-state index contributed by atoms with van der Waals surface area (Å²) in [5.74, 6) is 1.73. The number of nitrogens with one attached hydrogen (secondary N) is 1. The van der Waals surface area contributed by atoms with Gasteiger partial charge in [-0.15, -0.1) is 0 Å². The first-order valence-electron chi connectivity index (χ1n) is 7.66. The number of nitrogens with zero attached hydrogens (tertiary/aromatic N) is 2. The summed E-state index contributed by atoms with van der Waals surface area (Å²) in [5, 5.41) is 3.66. The summed E-state index contributed by atoms with van der Waals surface area (Å²) >= 11 is 1.54. The van der Waals surface area contributed by atoms with Gasteiger partial charge in [-0.05, 0) is 36.8 Å². The van der Waals surface area contributed by atoms with Gasteiger partial charge in [-0.3, -0.25) is 9.69 Å². The van der Waals surface area contributed by atoms with Crippen molar-refractivity contribution in [1.82, 2.24) is 9.88 Å². The molecule has 110 valence electrons. The second kappa shape index (κ2) is 5.39. The molecule has 2 fully saturated rings. The summed E-state index contributed by atoms with van der Waals surface area (Å²) in [6, 6.07) is 7.97. The quantitative estimate of drug-likeness (QED) is 0.948. The lowest BCUT2D eigenvalue weighted by molar-refractivity contribution is -0.117. The van der Waals surface area contributed by atoms with E-state index in [1.54, 1.807) is 0 Å². The van der Waals surface area contributed by atoms with Crippen molar-refractivity contribution < 1.29 is 4.79 Å². The van der Waals surface area contributed by atoms with Gasteiger partial charge in [-0.2, -0.15) is 0 Å². The van der Waals surface area contributed by atoms with Crippen LogP contribution in [0.15, 0.2) is 24.3 Å². The summed E-state index contributed by atoms with van der Waals surface area (Å²) in [7, 11) is 0. The topological polar surface area (TPSA) is 45.2 Å². The minimum absolute atomic E-state index is 0.0639. The van der Waals surface area contributed by atoms with Crippen molar-refractivity contribution in [3.63, 3.8) is 0 Å². The van der Waals surface area contributed by atoms with Gasteiger partial charge in [0.05, 0.1) is 16.8 Å². The van der Waals surface area contributed by atoms with Gasteiger partial charge in [-0.1, -0.05) is 29.9 Å². The summed E-state index contributed by atoms with van der Waals surface area (Å²) < 4.78 is 1.11. The van der Waals surface area contributed by atoms with Crippen molar-refractivity contribution in [3.05, 3.63) is 24.3 Å². The third-order valence-corrected chi connectivity index (χ3v) is 5.66. The van der Waals surface area contributed by atoms with E-state index in [0.29, 0.717) is 11.7 Å². The van der Waals surface area contributed by atoms with Crippen LogP contribution in [0.4, 0.5) is 5.13 Å². The number of likely N-dealkylation sites (tertiary alicyclic amines) is 1. The maximum atomic E-state index is 12.2. The Morgan fingerprint density at radius 2 is 2.05 bits per heavy atom. The van der Waals surface area contributed by atoms with Crippen LogP contribution in [-0.2, 0) is 4.79 Å². The van der Waals surface area contributed by atoms with Crippen LogP contribution in [-0.4, -0.2) is 35.4 Å². The molecule has 21 heavy (non-hydrogen) atoms. The maximum absolute atomic E-state index is 12.2. The molecule has 5 heteroatoms. The van der Waals surface area contributed by atoms with Crippen LogP contribution >= 0.6 is 11.3 Å². The zero-order chi connectivity index (χ0) is 14.2. The third-order valence-electron chi connectivity index (χ3n) is 4.71. The zero-order valence-electron chi connectivity index (χ0n) is 11.9. The predicted octanol–water partition coefficient (Wildman–Crippen LogP) is 2.97. The normalized spacial score (nSPS) is 25.3. The second-order valence-electron chi connectivity index (χ2n) is 6.18. The molecular formula is C16H19N3OS. The fraction of sp³-hybridized carbons (Fsp3) is 0.500. The fourth-order valence-corrected chi connectivity index (χ4v) is 4.63. The van der Waals surface area contributed by atoms with Crippen LogP contribution in [0, 0.1) is 11.8 Å². The molecular weight excluding hydrogens is 282 g/mol. The summed E-state index contributed by atoms with van der Waals surface area (Å²) in [5.41, 5.74) is 0.952. The number of aromatic nitrogens is 1. The molecule has 1 saturated heterocycles. The Morgan fingerprint density at radius 1 is 1.29 bits per heavy atom. The SMILES string of the molecule is O=C(CN1CC2CCCC2C1)Nc1nc2ccccc2s1. The van der Waals surface area contributed by atoms with Crippen molar-refractivity contribution >= 4 is 32.6 Å². The molecule has 0 bridgehead atoms. The van der Waals surface area contributed by atoms with Crippen LogP contribution in [0.5, 0.6) is 0 Å². The van der Waals surface area contributed by atoms with Crippen molar-refractivity contribution in [2.24, 2.45) is 11.8 Å². The van der Waals surface area contributed by atoms with E-state index >= 15 is 0 Å². The summed E-state index contributed by atoms with van der Waals surface area (Å²) in [4.78, 5) is 18.9. The Kier molecular flexibility index (Phi) is 3.39. The van der Waals surface area contributed by atoms with Crippen molar-refractivity contribution in [2.45, 2.75) is 19.3 Å². The lowest BCUT2D eigenvalue weighted by Gasteiger charge is -2.15. The van der Waals surface area contributed by atoms with E-state index < -0.39 is 0 Å². The molecule has 2 aromatic rings. The monoisotopic (exact) mass is 301 g/mol. The highest BCUT2D eigenvalue weighted by Gasteiger charge is 2.36. The van der Waals surface area contributed by atoms with Gasteiger partial charge in [0.15, 0.2) is 5.13 Å². The van der Waals surface area contributed by atoms with Gasteiger partial charge in [0, 0.05) is 13.1 Å². The van der Waals surface area contributed by atoms with E-state index in [1.165, 1.54) is 30.6 Å². The Bertz CT molecular complexity index is 623. The van der Waals surface area contributed by atoms with Gasteiger partial charge >= 0.3 is 0 Å². The Balaban J connectivity index is 1.37. The van der Waals surface area contributed by atoms with Crippen LogP contribution in [0.2, 0.25) is 0 Å². The van der Waals surface area contributed by atoms with E-state index in [9.17, 15) is 4.79 Å². The van der Waals surface area contributed by atoms with Gasteiger partial charge in [0.2, 0.25) is 5.91 Å². The number of benzene rings is 1. The molecule has 1 aliphatic heterocycles. The molecule has 4 rings (SSSR count). The highest BCUT2D eigenvalue weighted by molar-refractivity contribution is 7.22. The first-order chi connectivity index (χ1) is 10.3. The lowest BCUT2D eigenvalue weighted by Crippen LogP contribution is -2.32. The second-order valence-corrected chi connectivity index (χ2v) is 7.21. The standard InChI is InChI=1S/C16H19N3OS/c20-15(10-19-8-11-4-3-5-12(11)9-19)18-16-17-13-6-1-2-7-14(13)21-16/h1-2,6-7,11-12H,3-5,8-10H2,(H,17,18,20). The van der Waals surface area contributed by atoms with Gasteiger partial charge in [0.25, 0.3) is 0 Å². The highest BCUT2D eigenvalue weighted by Crippen LogP contribution is 2.37. The van der Waals surface area contributed by atoms with E-state index in [2.05, 4.69) is 15.2 Å². The van der Waals surface area contributed by atoms with E-state index in [4.69, 9.17) is 0 Å². The number of hydrogen-bond donors (Lipinski definition) is 1. The molecule has 2 unspecified atom stereocenters. The molecule has 2 aliphatic rings. The van der Waals surface area contributed by atoms with Gasteiger partial charge in [-0.25, -0.2) is 4.98 Å². The van der Waals surface area contributed by atoms with Crippen LogP contribution in [0.25, 0.3) is 10.2 Å². The summed E-state index contributed by atoms with van der Waals surface area (Å²) in [6.45, 7) is 2.69. The number of carbonyl (C=O) groups excluding carboxylic acids is 1. The largest absolute Gasteiger partial charge is 0.301 e. The molecule has 0 spiro atoms. The molecule has 2 heterocycles. The number of amides is 1. The number of thiazole rings is 1. The first kappa shape index (κ1) is 13.2. The maximum Gasteiger partial charge on any atom is 0.240 e. The minimum atomic E-state index is 0.0639. The number of anilines is 1. The van der Waals surface area contributed by atoms with E-state index in [1.807, 2.05) is 24.3 Å². The average molecular weight is 301 g/mol. The zero-order valence-corrected chi connectivity index (χ0v) is 12.7. The number of para-hydroxylation sites is 1. The Morgan fingerprint density at radius 3 is 2.81 bits per heavy atom. The van der Waals surface area contributed by atoms with Crippen LogP contribution in [0.1, 0.15) is 19.3 Å². The molecule has 1 aliphatic carbocycles. The van der Waals surface area contributed by atoms with Crippen LogP contribution in [0.3, 0.4) is 0 Å². The predicted molar refractivity (Wildman–Crippen MR) is 85.5 cm³/mol. The molecule has 0 radical (unpaired) electrons. The van der Waals surface area contributed by atoms with Crippen molar-refractivity contribution in [3.8, 4) is 0 Å². The molecule has 4 nitrogen and oxygen atoms in total. The van der Waals surface area contributed by atoms with Crippen LogP contribution < -0.4 is 5.32 Å². The lowest BCUT2D eigenvalue weighted by atomic mass is 10.0. The van der Waals surface area contributed by atoms with Gasteiger partial charge < -0.3 is 5.32 Å². The Hall–Kier alpha value is -1.46. The number of fused-ring (bicyclic) bond motifs is 2. The van der Waals surface area contributed by atoms with Crippen molar-refractivity contribution in [2.75, 3.05) is 25.0 Å². The molecule has 1 aromatic carbocycles. The first-order valence-corrected chi connectivity index (χ1v) is 8.47. The van der Waals surface area contributed by atoms with E-state index in [0.717, 1.165) is 35.1 Å². The number of hydrogen-bond acceptors (Lipinski definition) is 4. The minimum Gasteiger partial charge on any atom is -0.301 e. The number of rotatable bonds is 3. The summed E-state index contributed by atoms with van der Waals surface area (Å²) in [6.07, 6.45) is 4.07. The third kappa shape index (κ3) is 2.68. The highest BCUT2D eigenvalue weighted by atomic mass is 32.1. The molecule has 1 N–H and O–H groups in total. The van der Waals surface area contributed by atoms with Crippen molar-refractivity contribution in [1.29, 1.82) is 0 Å². The molecule has 2 atom stereocenters. The molecule has 1 saturated carbocycles. The number of carbonyl (C=O) groups is 1. The fourth-order valence-electron chi connectivity index (χ4n) is 3.75. The smallest absolute Gasteiger partial charge is 0.240 e. The van der Waals surface area contributed by atoms with Gasteiger partial charge in [0.1, 0.15) is 0 Å².